The van der Waals surface area contributed by atoms with Crippen LogP contribution in [0.2, 0.25) is 0 Å². The average Bonchev–Trinajstić information content (AvgIpc) is 2.35. The van der Waals surface area contributed by atoms with Gasteiger partial charge in [-0.2, -0.15) is 0 Å². The van der Waals surface area contributed by atoms with E-state index in [1.165, 1.54) is 11.1 Å². The third-order valence-electron chi connectivity index (χ3n) is 3.11. The molecule has 0 radical (unpaired) electrons. The predicted molar refractivity (Wildman–Crippen MR) is 78.4 cm³/mol. The Morgan fingerprint density at radius 1 is 1.10 bits per heavy atom. The SMILES string of the molecule is Cc1cc(C)cc(COc2c(C)cccc2C(=O)O)c1. The van der Waals surface area contributed by atoms with Crippen molar-refractivity contribution < 1.29 is 14.6 Å². The molecule has 0 aliphatic rings. The van der Waals surface area contributed by atoms with Crippen molar-refractivity contribution in [3.05, 3.63) is 64.2 Å². The Kier molecular flexibility index (Phi) is 4.08. The summed E-state index contributed by atoms with van der Waals surface area (Å²) in [7, 11) is 0. The van der Waals surface area contributed by atoms with Gasteiger partial charge in [-0.25, -0.2) is 4.79 Å². The molecule has 0 aliphatic carbocycles. The fraction of sp³-hybridized carbons (Fsp3) is 0.235. The molecule has 1 N–H and O–H groups in total. The summed E-state index contributed by atoms with van der Waals surface area (Å²) in [6.07, 6.45) is 0. The van der Waals surface area contributed by atoms with E-state index in [1.807, 2.05) is 39.0 Å². The van der Waals surface area contributed by atoms with Crippen molar-refractivity contribution in [1.82, 2.24) is 0 Å². The number of para-hydroxylation sites is 1. The Morgan fingerprint density at radius 3 is 2.35 bits per heavy atom. The number of carbonyl (C=O) groups is 1. The number of hydrogen-bond acceptors (Lipinski definition) is 2. The number of benzene rings is 2. The van der Waals surface area contributed by atoms with Gasteiger partial charge in [0, 0.05) is 0 Å². The maximum absolute atomic E-state index is 11.2. The highest BCUT2D eigenvalue weighted by Gasteiger charge is 2.13. The molecule has 0 saturated heterocycles. The zero-order chi connectivity index (χ0) is 14.7. The van der Waals surface area contributed by atoms with Gasteiger partial charge in [0.25, 0.3) is 0 Å². The summed E-state index contributed by atoms with van der Waals surface area (Å²) < 4.78 is 5.74. The summed E-state index contributed by atoms with van der Waals surface area (Å²) in [5.41, 5.74) is 4.42. The molecule has 0 saturated carbocycles. The average molecular weight is 270 g/mol. The van der Waals surface area contributed by atoms with Gasteiger partial charge in [0.1, 0.15) is 17.9 Å². The minimum absolute atomic E-state index is 0.203. The molecule has 2 aromatic carbocycles. The van der Waals surface area contributed by atoms with Gasteiger partial charge in [0.15, 0.2) is 0 Å². The molecule has 0 unspecified atom stereocenters. The summed E-state index contributed by atoms with van der Waals surface area (Å²) in [6, 6.07) is 11.3. The van der Waals surface area contributed by atoms with E-state index in [1.54, 1.807) is 12.1 Å². The van der Waals surface area contributed by atoms with Gasteiger partial charge in [0.05, 0.1) is 0 Å². The largest absolute Gasteiger partial charge is 0.488 e. The summed E-state index contributed by atoms with van der Waals surface area (Å²) in [5, 5.41) is 9.20. The normalized spacial score (nSPS) is 10.3. The van der Waals surface area contributed by atoms with Crippen molar-refractivity contribution in [2.75, 3.05) is 0 Å². The molecule has 20 heavy (non-hydrogen) atoms. The highest BCUT2D eigenvalue weighted by atomic mass is 16.5. The first-order valence-electron chi connectivity index (χ1n) is 6.50. The molecule has 3 nitrogen and oxygen atoms in total. The number of carboxylic acids is 1. The second kappa shape index (κ2) is 5.78. The zero-order valence-electron chi connectivity index (χ0n) is 11.9. The first-order chi connectivity index (χ1) is 9.47. The Hall–Kier alpha value is -2.29. The van der Waals surface area contributed by atoms with Crippen LogP contribution in [0.5, 0.6) is 5.75 Å². The minimum Gasteiger partial charge on any atom is -0.488 e. The van der Waals surface area contributed by atoms with Crippen molar-refractivity contribution in [3.8, 4) is 5.75 Å². The molecule has 0 aliphatic heterocycles. The molecule has 2 rings (SSSR count). The highest BCUT2D eigenvalue weighted by Crippen LogP contribution is 2.24. The van der Waals surface area contributed by atoms with Crippen LogP contribution in [0.25, 0.3) is 0 Å². The molecule has 2 aromatic rings. The lowest BCUT2D eigenvalue weighted by molar-refractivity contribution is 0.0691. The Morgan fingerprint density at radius 2 is 1.75 bits per heavy atom. The molecule has 0 heterocycles. The van der Waals surface area contributed by atoms with Crippen molar-refractivity contribution >= 4 is 5.97 Å². The first-order valence-corrected chi connectivity index (χ1v) is 6.50. The van der Waals surface area contributed by atoms with Crippen LogP contribution in [0.15, 0.2) is 36.4 Å². The third kappa shape index (κ3) is 3.18. The minimum atomic E-state index is -0.968. The standard InChI is InChI=1S/C17H18O3/c1-11-7-12(2)9-14(8-11)10-20-16-13(3)5-4-6-15(16)17(18)19/h4-9H,10H2,1-3H3,(H,18,19). The number of carboxylic acid groups (broad SMARTS) is 1. The summed E-state index contributed by atoms with van der Waals surface area (Å²) >= 11 is 0. The number of aryl methyl sites for hydroxylation is 3. The molecule has 0 bridgehead atoms. The van der Waals surface area contributed by atoms with E-state index in [-0.39, 0.29) is 5.56 Å². The Labute approximate surface area is 118 Å². The lowest BCUT2D eigenvalue weighted by Gasteiger charge is -2.12. The molecule has 0 aromatic heterocycles. The molecule has 0 amide bonds. The van der Waals surface area contributed by atoms with E-state index in [2.05, 4.69) is 6.07 Å². The van der Waals surface area contributed by atoms with Gasteiger partial charge >= 0.3 is 5.97 Å². The summed E-state index contributed by atoms with van der Waals surface area (Å²) in [5.74, 6) is -0.525. The van der Waals surface area contributed by atoms with Crippen LogP contribution in [0, 0.1) is 20.8 Å². The van der Waals surface area contributed by atoms with Gasteiger partial charge in [0.2, 0.25) is 0 Å². The fourth-order valence-electron chi connectivity index (χ4n) is 2.32. The van der Waals surface area contributed by atoms with Crippen molar-refractivity contribution in [2.24, 2.45) is 0 Å². The molecule has 0 fully saturated rings. The van der Waals surface area contributed by atoms with Crippen LogP contribution in [0.1, 0.15) is 32.6 Å². The maximum Gasteiger partial charge on any atom is 0.339 e. The number of rotatable bonds is 4. The van der Waals surface area contributed by atoms with Gasteiger partial charge in [-0.15, -0.1) is 0 Å². The molecule has 0 spiro atoms. The van der Waals surface area contributed by atoms with Crippen LogP contribution in [0.4, 0.5) is 0 Å². The molecule has 104 valence electrons. The lowest BCUT2D eigenvalue weighted by atomic mass is 10.1. The predicted octanol–water partition coefficient (Wildman–Crippen LogP) is 3.89. The van der Waals surface area contributed by atoms with E-state index < -0.39 is 5.97 Å². The van der Waals surface area contributed by atoms with E-state index in [9.17, 15) is 9.90 Å². The lowest BCUT2D eigenvalue weighted by Crippen LogP contribution is -2.05. The van der Waals surface area contributed by atoms with E-state index in [0.717, 1.165) is 11.1 Å². The van der Waals surface area contributed by atoms with Gasteiger partial charge in [-0.1, -0.05) is 41.5 Å². The second-order valence-corrected chi connectivity index (χ2v) is 5.04. The second-order valence-electron chi connectivity index (χ2n) is 5.04. The van der Waals surface area contributed by atoms with Gasteiger partial charge < -0.3 is 9.84 Å². The monoisotopic (exact) mass is 270 g/mol. The smallest absolute Gasteiger partial charge is 0.339 e. The van der Waals surface area contributed by atoms with Crippen LogP contribution >= 0.6 is 0 Å². The van der Waals surface area contributed by atoms with Crippen molar-refractivity contribution in [3.63, 3.8) is 0 Å². The van der Waals surface area contributed by atoms with Gasteiger partial charge in [-0.3, -0.25) is 0 Å². The third-order valence-corrected chi connectivity index (χ3v) is 3.11. The van der Waals surface area contributed by atoms with E-state index in [4.69, 9.17) is 4.74 Å². The first kappa shape index (κ1) is 14.1. The van der Waals surface area contributed by atoms with Crippen molar-refractivity contribution in [1.29, 1.82) is 0 Å². The van der Waals surface area contributed by atoms with E-state index in [0.29, 0.717) is 12.4 Å². The summed E-state index contributed by atoms with van der Waals surface area (Å²) in [4.78, 5) is 11.2. The topological polar surface area (TPSA) is 46.5 Å². The maximum atomic E-state index is 11.2. The Bertz CT molecular complexity index is 624. The molecular weight excluding hydrogens is 252 g/mol. The number of ether oxygens (including phenoxy) is 1. The van der Waals surface area contributed by atoms with E-state index >= 15 is 0 Å². The molecule has 3 heteroatoms. The summed E-state index contributed by atoms with van der Waals surface area (Å²) in [6.45, 7) is 6.29. The zero-order valence-corrected chi connectivity index (χ0v) is 11.9. The van der Waals surface area contributed by atoms with Crippen molar-refractivity contribution in [2.45, 2.75) is 27.4 Å². The number of hydrogen-bond donors (Lipinski definition) is 1. The van der Waals surface area contributed by atoms with Crippen LogP contribution in [-0.2, 0) is 6.61 Å². The van der Waals surface area contributed by atoms with Gasteiger partial charge in [-0.05, 0) is 38.0 Å². The van der Waals surface area contributed by atoms with Crippen LogP contribution < -0.4 is 4.74 Å². The fourth-order valence-corrected chi connectivity index (χ4v) is 2.32. The van der Waals surface area contributed by atoms with Crippen LogP contribution in [0.3, 0.4) is 0 Å². The number of aromatic carboxylic acids is 1. The molecule has 0 atom stereocenters. The molecular formula is C17H18O3. The Balaban J connectivity index is 2.25. The highest BCUT2D eigenvalue weighted by molar-refractivity contribution is 5.91. The van der Waals surface area contributed by atoms with Crippen LogP contribution in [-0.4, -0.2) is 11.1 Å². The quantitative estimate of drug-likeness (QED) is 0.916.